The van der Waals surface area contributed by atoms with Crippen LogP contribution in [0.25, 0.3) is 0 Å². The maximum Gasteiger partial charge on any atom is 0.243 e. The number of unbranched alkanes of at least 4 members (excludes halogenated alkanes) is 3. The number of hydrogen-bond donors (Lipinski definition) is 4. The van der Waals surface area contributed by atoms with Crippen molar-refractivity contribution >= 4 is 11.8 Å². The first-order chi connectivity index (χ1) is 20.0. The summed E-state index contributed by atoms with van der Waals surface area (Å²) in [5.74, 6) is -0.363. The van der Waals surface area contributed by atoms with E-state index in [1.165, 1.54) is 19.3 Å². The van der Waals surface area contributed by atoms with Crippen molar-refractivity contribution in [1.29, 1.82) is 0 Å². The van der Waals surface area contributed by atoms with Crippen molar-refractivity contribution in [2.24, 2.45) is 0 Å². The molecule has 3 atom stereocenters. The van der Waals surface area contributed by atoms with Crippen molar-refractivity contribution in [3.63, 3.8) is 0 Å². The second-order valence-corrected chi connectivity index (χ2v) is 11.2. The highest BCUT2D eigenvalue weighted by molar-refractivity contribution is 5.75. The number of piperidine rings is 1. The van der Waals surface area contributed by atoms with Gasteiger partial charge in [0, 0.05) is 37.9 Å². The molecule has 9 heteroatoms. The zero-order chi connectivity index (χ0) is 28.9. The van der Waals surface area contributed by atoms with E-state index in [1.807, 2.05) is 48.5 Å². The van der Waals surface area contributed by atoms with Gasteiger partial charge in [0.05, 0.1) is 18.8 Å². The minimum absolute atomic E-state index is 0.0109. The molecule has 2 fully saturated rings. The number of aliphatic hydroxyl groups excluding tert-OH is 1. The molecule has 4 N–H and O–H groups in total. The number of hydroxylamine groups is 1. The van der Waals surface area contributed by atoms with E-state index in [0.717, 1.165) is 67.6 Å². The maximum atomic E-state index is 12.3. The van der Waals surface area contributed by atoms with Crippen LogP contribution >= 0.6 is 0 Å². The van der Waals surface area contributed by atoms with Gasteiger partial charge in [0.1, 0.15) is 0 Å². The van der Waals surface area contributed by atoms with Gasteiger partial charge in [-0.2, -0.15) is 0 Å². The summed E-state index contributed by atoms with van der Waals surface area (Å²) in [6.45, 7) is 3.61. The highest BCUT2D eigenvalue weighted by atomic mass is 16.7. The summed E-state index contributed by atoms with van der Waals surface area (Å²) in [6, 6.07) is 16.0. The van der Waals surface area contributed by atoms with E-state index in [9.17, 15) is 14.7 Å². The van der Waals surface area contributed by atoms with Crippen LogP contribution in [0.15, 0.2) is 48.5 Å². The van der Waals surface area contributed by atoms with Crippen LogP contribution in [0.5, 0.6) is 0 Å². The van der Waals surface area contributed by atoms with Gasteiger partial charge >= 0.3 is 0 Å². The molecule has 0 aliphatic carbocycles. The van der Waals surface area contributed by atoms with Crippen LogP contribution in [0.3, 0.4) is 0 Å². The summed E-state index contributed by atoms with van der Waals surface area (Å²) < 4.78 is 13.0. The van der Waals surface area contributed by atoms with Crippen LogP contribution in [0.2, 0.25) is 0 Å². The topological polar surface area (TPSA) is 120 Å². The maximum absolute atomic E-state index is 12.3. The van der Waals surface area contributed by atoms with Gasteiger partial charge in [0.15, 0.2) is 6.29 Å². The smallest absolute Gasteiger partial charge is 0.243 e. The Balaban J connectivity index is 1.29. The van der Waals surface area contributed by atoms with Gasteiger partial charge in [-0.3, -0.25) is 14.8 Å². The number of rotatable bonds is 14. The fraction of sp³-hybridized carbons (Fsp3) is 0.562. The van der Waals surface area contributed by atoms with E-state index in [4.69, 9.17) is 14.7 Å². The number of nitrogens with zero attached hydrogens (tertiary/aromatic N) is 1. The van der Waals surface area contributed by atoms with Crippen molar-refractivity contribution in [3.05, 3.63) is 70.8 Å². The van der Waals surface area contributed by atoms with Crippen LogP contribution in [-0.2, 0) is 32.2 Å². The molecule has 2 aliphatic rings. The SMILES string of the molecule is O=C(CCCCCCC(=O)NCc1ccc([C@@H]2O[C@H](CN3CCCCC3)C[C@H](c3ccc(CO)cc3)O2)cc1)NO. The van der Waals surface area contributed by atoms with Crippen molar-refractivity contribution in [2.45, 2.75) is 95.9 Å². The molecule has 0 aromatic heterocycles. The molecule has 0 radical (unpaired) electrons. The third kappa shape index (κ3) is 10.2. The first-order valence-electron chi connectivity index (χ1n) is 15.1. The third-order valence-electron chi connectivity index (χ3n) is 7.95. The third-order valence-corrected chi connectivity index (χ3v) is 7.95. The summed E-state index contributed by atoms with van der Waals surface area (Å²) in [6.07, 6.45) is 7.98. The number of ether oxygens (including phenoxy) is 2. The van der Waals surface area contributed by atoms with Crippen LogP contribution in [-0.4, -0.2) is 52.8 Å². The number of carbonyl (C=O) groups is 2. The lowest BCUT2D eigenvalue weighted by Crippen LogP contribution is -2.41. The van der Waals surface area contributed by atoms with E-state index in [-0.39, 0.29) is 30.6 Å². The molecule has 4 rings (SSSR count). The predicted octanol–water partition coefficient (Wildman–Crippen LogP) is 4.67. The van der Waals surface area contributed by atoms with E-state index < -0.39 is 6.29 Å². The molecule has 2 aliphatic heterocycles. The average Bonchev–Trinajstić information content (AvgIpc) is 3.02. The molecule has 0 saturated carbocycles. The Bertz CT molecular complexity index is 1070. The second-order valence-electron chi connectivity index (χ2n) is 11.2. The molecule has 2 heterocycles. The van der Waals surface area contributed by atoms with Crippen molar-refractivity contribution in [3.8, 4) is 0 Å². The molecular weight excluding hydrogens is 522 g/mol. The van der Waals surface area contributed by atoms with Gasteiger partial charge in [-0.25, -0.2) is 5.48 Å². The van der Waals surface area contributed by atoms with Gasteiger partial charge in [-0.05, 0) is 55.5 Å². The first-order valence-corrected chi connectivity index (χ1v) is 15.1. The van der Waals surface area contributed by atoms with Gasteiger partial charge in [0.25, 0.3) is 0 Å². The molecule has 0 unspecified atom stereocenters. The van der Waals surface area contributed by atoms with Crippen LogP contribution in [0.4, 0.5) is 0 Å². The molecule has 2 saturated heterocycles. The number of nitrogens with one attached hydrogen (secondary N) is 2. The molecular formula is C32H45N3O6. The van der Waals surface area contributed by atoms with Crippen molar-refractivity contribution in [2.75, 3.05) is 19.6 Å². The molecule has 0 bridgehead atoms. The summed E-state index contributed by atoms with van der Waals surface area (Å²) in [5.41, 5.74) is 5.57. The first kappa shape index (κ1) is 31.1. The number of hydrogen-bond acceptors (Lipinski definition) is 7. The minimum Gasteiger partial charge on any atom is -0.392 e. The average molecular weight is 568 g/mol. The highest BCUT2D eigenvalue weighted by Gasteiger charge is 2.33. The summed E-state index contributed by atoms with van der Waals surface area (Å²) in [4.78, 5) is 25.8. The second kappa shape index (κ2) is 16.6. The fourth-order valence-electron chi connectivity index (χ4n) is 5.53. The molecule has 9 nitrogen and oxygen atoms in total. The Morgan fingerprint density at radius 3 is 2.10 bits per heavy atom. The van der Waals surface area contributed by atoms with Crippen LogP contribution in [0.1, 0.15) is 98.9 Å². The van der Waals surface area contributed by atoms with E-state index in [1.54, 1.807) is 5.48 Å². The fourth-order valence-corrected chi connectivity index (χ4v) is 5.53. The summed E-state index contributed by atoms with van der Waals surface area (Å²) in [7, 11) is 0. The Kier molecular flexibility index (Phi) is 12.6. The number of benzene rings is 2. The Morgan fingerprint density at radius 1 is 0.805 bits per heavy atom. The van der Waals surface area contributed by atoms with E-state index >= 15 is 0 Å². The van der Waals surface area contributed by atoms with Gasteiger partial charge in [-0.1, -0.05) is 67.8 Å². The lowest BCUT2D eigenvalue weighted by molar-refractivity contribution is -0.253. The molecule has 224 valence electrons. The highest BCUT2D eigenvalue weighted by Crippen LogP contribution is 2.38. The summed E-state index contributed by atoms with van der Waals surface area (Å²) >= 11 is 0. The van der Waals surface area contributed by atoms with Crippen molar-refractivity contribution < 1.29 is 29.4 Å². The van der Waals surface area contributed by atoms with Crippen molar-refractivity contribution in [1.82, 2.24) is 15.7 Å². The normalized spacial score (nSPS) is 21.4. The monoisotopic (exact) mass is 567 g/mol. The van der Waals surface area contributed by atoms with Crippen LogP contribution < -0.4 is 10.8 Å². The van der Waals surface area contributed by atoms with Gasteiger partial charge < -0.3 is 24.8 Å². The Labute approximate surface area is 243 Å². The lowest BCUT2D eigenvalue weighted by atomic mass is 9.99. The largest absolute Gasteiger partial charge is 0.392 e. The predicted molar refractivity (Wildman–Crippen MR) is 155 cm³/mol. The molecule has 2 aromatic rings. The standard InChI is InChI=1S/C32H45N3O6/c36-23-25-12-14-26(15-13-25)29-20-28(22-35-18-6-3-7-19-35)40-32(41-29)27-16-10-24(11-17-27)21-33-30(37)8-4-1-2-5-9-31(38)34-39/h10-17,28-29,32,36,39H,1-9,18-23H2,(H,33,37)(H,34,38)/t28-,29+,32+/m0/s1. The molecule has 41 heavy (non-hydrogen) atoms. The number of amides is 2. The van der Waals surface area contributed by atoms with E-state index in [0.29, 0.717) is 25.8 Å². The zero-order valence-electron chi connectivity index (χ0n) is 23.9. The molecule has 2 amide bonds. The summed E-state index contributed by atoms with van der Waals surface area (Å²) in [5, 5.41) is 20.9. The van der Waals surface area contributed by atoms with E-state index in [2.05, 4.69) is 10.2 Å². The number of likely N-dealkylation sites (tertiary alicyclic amines) is 1. The van der Waals surface area contributed by atoms with Gasteiger partial charge in [0.2, 0.25) is 11.8 Å². The molecule has 0 spiro atoms. The zero-order valence-corrected chi connectivity index (χ0v) is 23.9. The number of carbonyl (C=O) groups excluding carboxylic acids is 2. The minimum atomic E-state index is -0.479. The molecule has 2 aromatic carbocycles. The Hall–Kier alpha value is -2.82. The van der Waals surface area contributed by atoms with Gasteiger partial charge in [-0.15, -0.1) is 0 Å². The quantitative estimate of drug-likeness (QED) is 0.149. The van der Waals surface area contributed by atoms with Crippen LogP contribution in [0, 0.1) is 0 Å². The lowest BCUT2D eigenvalue weighted by Gasteiger charge is -2.39. The Morgan fingerprint density at radius 2 is 1.44 bits per heavy atom. The number of aliphatic hydroxyl groups is 1.